The van der Waals surface area contributed by atoms with Crippen LogP contribution in [0.5, 0.6) is 0 Å². The summed E-state index contributed by atoms with van der Waals surface area (Å²) in [6, 6.07) is -0.443. The predicted molar refractivity (Wildman–Crippen MR) is 56.8 cm³/mol. The molecule has 0 aliphatic carbocycles. The van der Waals surface area contributed by atoms with Crippen LogP contribution in [0.4, 0.5) is 0 Å². The molecule has 0 saturated carbocycles. The van der Waals surface area contributed by atoms with Gasteiger partial charge in [0.2, 0.25) is 5.91 Å². The van der Waals surface area contributed by atoms with Gasteiger partial charge in [-0.05, 0) is 26.7 Å². The zero-order chi connectivity index (χ0) is 11.1. The topological polar surface area (TPSA) is 75.4 Å². The first-order valence-electron chi connectivity index (χ1n) is 5.21. The Bertz CT molecular complexity index is 172. The number of nitrogens with one attached hydrogen (secondary N) is 1. The summed E-state index contributed by atoms with van der Waals surface area (Å²) >= 11 is 0. The second-order valence-corrected chi connectivity index (χ2v) is 3.89. The van der Waals surface area contributed by atoms with E-state index in [2.05, 4.69) is 5.32 Å². The summed E-state index contributed by atoms with van der Waals surface area (Å²) in [5.41, 5.74) is 5.63. The highest BCUT2D eigenvalue weighted by Gasteiger charge is 2.15. The molecule has 0 aromatic heterocycles. The monoisotopic (exact) mass is 202 g/mol. The van der Waals surface area contributed by atoms with Crippen molar-refractivity contribution in [3.8, 4) is 0 Å². The highest BCUT2D eigenvalue weighted by atomic mass is 16.3. The number of carbonyl (C=O) groups excluding carboxylic acids is 1. The lowest BCUT2D eigenvalue weighted by atomic mass is 10.1. The van der Waals surface area contributed by atoms with Crippen molar-refractivity contribution in [2.75, 3.05) is 0 Å². The molecular formula is C10H22N2O2. The van der Waals surface area contributed by atoms with Crippen molar-refractivity contribution in [3.05, 3.63) is 0 Å². The van der Waals surface area contributed by atoms with Crippen LogP contribution in [0.2, 0.25) is 0 Å². The van der Waals surface area contributed by atoms with Gasteiger partial charge in [0.25, 0.3) is 0 Å². The minimum Gasteiger partial charge on any atom is -0.393 e. The third-order valence-electron chi connectivity index (χ3n) is 2.02. The van der Waals surface area contributed by atoms with Gasteiger partial charge in [0, 0.05) is 6.04 Å². The number of nitrogens with two attached hydrogens (primary N) is 1. The average molecular weight is 202 g/mol. The first-order chi connectivity index (χ1) is 6.47. The first kappa shape index (κ1) is 13.4. The van der Waals surface area contributed by atoms with Crippen LogP contribution in [-0.2, 0) is 4.79 Å². The third kappa shape index (κ3) is 5.94. The van der Waals surface area contributed by atoms with Crippen molar-refractivity contribution >= 4 is 5.91 Å². The number of aliphatic hydroxyl groups excluding tert-OH is 1. The summed E-state index contributed by atoms with van der Waals surface area (Å²) < 4.78 is 0. The van der Waals surface area contributed by atoms with Gasteiger partial charge in [0.15, 0.2) is 0 Å². The molecule has 0 aliphatic rings. The van der Waals surface area contributed by atoms with E-state index in [0.717, 1.165) is 6.42 Å². The highest BCUT2D eigenvalue weighted by Crippen LogP contribution is 1.99. The maximum absolute atomic E-state index is 11.4. The number of hydrogen-bond donors (Lipinski definition) is 3. The van der Waals surface area contributed by atoms with E-state index in [-0.39, 0.29) is 11.9 Å². The van der Waals surface area contributed by atoms with Crippen LogP contribution in [0.3, 0.4) is 0 Å². The molecule has 0 radical (unpaired) electrons. The molecule has 14 heavy (non-hydrogen) atoms. The van der Waals surface area contributed by atoms with Gasteiger partial charge in [-0.1, -0.05) is 13.3 Å². The van der Waals surface area contributed by atoms with E-state index in [9.17, 15) is 4.79 Å². The second-order valence-electron chi connectivity index (χ2n) is 3.89. The summed E-state index contributed by atoms with van der Waals surface area (Å²) in [4.78, 5) is 11.4. The van der Waals surface area contributed by atoms with E-state index in [1.807, 2.05) is 13.8 Å². The Morgan fingerprint density at radius 2 is 2.07 bits per heavy atom. The largest absolute Gasteiger partial charge is 0.393 e. The normalized spacial score (nSPS) is 17.2. The molecule has 0 rings (SSSR count). The number of rotatable bonds is 6. The quantitative estimate of drug-likeness (QED) is 0.583. The Morgan fingerprint density at radius 1 is 1.50 bits per heavy atom. The molecule has 0 spiro atoms. The Labute approximate surface area is 85.9 Å². The zero-order valence-corrected chi connectivity index (χ0v) is 9.29. The minimum absolute atomic E-state index is 0.0228. The van der Waals surface area contributed by atoms with Gasteiger partial charge in [0.1, 0.15) is 0 Å². The molecule has 3 atom stereocenters. The average Bonchev–Trinajstić information content (AvgIpc) is 2.02. The van der Waals surface area contributed by atoms with E-state index < -0.39 is 12.1 Å². The summed E-state index contributed by atoms with van der Waals surface area (Å²) in [5.74, 6) is -0.125. The van der Waals surface area contributed by atoms with Crippen LogP contribution >= 0.6 is 0 Å². The lowest BCUT2D eigenvalue weighted by Gasteiger charge is -2.18. The zero-order valence-electron chi connectivity index (χ0n) is 9.29. The standard InChI is InChI=1S/C10H22N2O2/c1-4-5-9(11)10(14)12-7(2)6-8(3)13/h7-9,13H,4-6,11H2,1-3H3,(H,12,14). The highest BCUT2D eigenvalue weighted by molar-refractivity contribution is 5.81. The van der Waals surface area contributed by atoms with Crippen LogP contribution < -0.4 is 11.1 Å². The maximum atomic E-state index is 11.4. The van der Waals surface area contributed by atoms with Crippen LogP contribution in [-0.4, -0.2) is 29.2 Å². The molecule has 0 saturated heterocycles. The number of carbonyl (C=O) groups is 1. The van der Waals surface area contributed by atoms with Crippen molar-refractivity contribution in [2.45, 2.75) is 58.2 Å². The van der Waals surface area contributed by atoms with Gasteiger partial charge in [-0.3, -0.25) is 4.79 Å². The molecule has 0 fully saturated rings. The van der Waals surface area contributed by atoms with E-state index >= 15 is 0 Å². The van der Waals surface area contributed by atoms with Crippen molar-refractivity contribution in [3.63, 3.8) is 0 Å². The van der Waals surface area contributed by atoms with E-state index in [1.54, 1.807) is 6.92 Å². The SMILES string of the molecule is CCCC(N)C(=O)NC(C)CC(C)O. The van der Waals surface area contributed by atoms with Gasteiger partial charge >= 0.3 is 0 Å². The van der Waals surface area contributed by atoms with Gasteiger partial charge in [-0.15, -0.1) is 0 Å². The van der Waals surface area contributed by atoms with Crippen LogP contribution in [0.1, 0.15) is 40.0 Å². The second kappa shape index (κ2) is 6.79. The molecule has 1 amide bonds. The van der Waals surface area contributed by atoms with E-state index in [1.165, 1.54) is 0 Å². The Morgan fingerprint density at radius 3 is 2.50 bits per heavy atom. The molecule has 4 heteroatoms. The molecule has 0 aromatic carbocycles. The molecule has 0 bridgehead atoms. The van der Waals surface area contributed by atoms with Crippen LogP contribution in [0, 0.1) is 0 Å². The van der Waals surface area contributed by atoms with Crippen LogP contribution in [0.25, 0.3) is 0 Å². The molecule has 0 heterocycles. The maximum Gasteiger partial charge on any atom is 0.237 e. The molecule has 3 unspecified atom stereocenters. The molecular weight excluding hydrogens is 180 g/mol. The fraction of sp³-hybridized carbons (Fsp3) is 0.900. The van der Waals surface area contributed by atoms with Crippen molar-refractivity contribution in [2.24, 2.45) is 5.73 Å². The Hall–Kier alpha value is -0.610. The lowest BCUT2D eigenvalue weighted by Crippen LogP contribution is -2.45. The van der Waals surface area contributed by atoms with Crippen molar-refractivity contribution in [1.82, 2.24) is 5.32 Å². The number of hydrogen-bond acceptors (Lipinski definition) is 3. The predicted octanol–water partition coefficient (Wildman–Crippen LogP) is 0.389. The number of amides is 1. The molecule has 4 N–H and O–H groups in total. The smallest absolute Gasteiger partial charge is 0.237 e. The van der Waals surface area contributed by atoms with Gasteiger partial charge < -0.3 is 16.2 Å². The van der Waals surface area contributed by atoms with E-state index in [4.69, 9.17) is 10.8 Å². The van der Waals surface area contributed by atoms with Crippen LogP contribution in [0.15, 0.2) is 0 Å². The van der Waals surface area contributed by atoms with Gasteiger partial charge in [0.05, 0.1) is 12.1 Å². The van der Waals surface area contributed by atoms with E-state index in [0.29, 0.717) is 12.8 Å². The molecule has 0 aliphatic heterocycles. The number of aliphatic hydroxyl groups is 1. The summed E-state index contributed by atoms with van der Waals surface area (Å²) in [5, 5.41) is 11.9. The third-order valence-corrected chi connectivity index (χ3v) is 2.02. The van der Waals surface area contributed by atoms with Crippen molar-refractivity contribution < 1.29 is 9.90 Å². The summed E-state index contributed by atoms with van der Waals surface area (Å²) in [7, 11) is 0. The van der Waals surface area contributed by atoms with Crippen molar-refractivity contribution in [1.29, 1.82) is 0 Å². The molecule has 0 aromatic rings. The molecule has 84 valence electrons. The first-order valence-corrected chi connectivity index (χ1v) is 5.21. The fourth-order valence-electron chi connectivity index (χ4n) is 1.36. The van der Waals surface area contributed by atoms with Gasteiger partial charge in [-0.25, -0.2) is 0 Å². The summed E-state index contributed by atoms with van der Waals surface area (Å²) in [6.45, 7) is 5.56. The minimum atomic E-state index is -0.420. The molecule has 4 nitrogen and oxygen atoms in total. The Kier molecular flexibility index (Phi) is 6.49. The summed E-state index contributed by atoms with van der Waals surface area (Å²) in [6.07, 6.45) is 1.77. The lowest BCUT2D eigenvalue weighted by molar-refractivity contribution is -0.123. The van der Waals surface area contributed by atoms with Gasteiger partial charge in [-0.2, -0.15) is 0 Å². The fourth-order valence-corrected chi connectivity index (χ4v) is 1.36. The Balaban J connectivity index is 3.80.